The van der Waals surface area contributed by atoms with Gasteiger partial charge in [-0.2, -0.15) is 4.91 Å². The van der Waals surface area contributed by atoms with Crippen molar-refractivity contribution in [3.8, 4) is 0 Å². The van der Waals surface area contributed by atoms with E-state index in [0.29, 0.717) is 6.42 Å². The molecule has 0 amide bonds. The zero-order chi connectivity index (χ0) is 11.3. The number of rotatable bonds is 3. The highest BCUT2D eigenvalue weighted by Crippen LogP contribution is 2.58. The molecule has 2 aliphatic rings. The summed E-state index contributed by atoms with van der Waals surface area (Å²) in [6.07, 6.45) is 1.09. The molecule has 1 heterocycles. The second kappa shape index (κ2) is 3.23. The van der Waals surface area contributed by atoms with Gasteiger partial charge < -0.3 is 15.2 Å². The van der Waals surface area contributed by atoms with Crippen molar-refractivity contribution in [1.29, 1.82) is 0 Å². The molecule has 1 saturated carbocycles. The number of fused-ring (bicyclic) bond motifs is 1. The molecule has 0 aromatic heterocycles. The van der Waals surface area contributed by atoms with E-state index in [4.69, 9.17) is 15.2 Å². The van der Waals surface area contributed by atoms with Crippen molar-refractivity contribution < 1.29 is 9.47 Å². The standard InChI is InChI=1S/C10H18N2O3/c1-4-6-8(12-13)10(11)5-7(14-3)15-9(6,10)2/h6-8H,4-5,11H2,1-3H3. The van der Waals surface area contributed by atoms with Gasteiger partial charge >= 0.3 is 0 Å². The van der Waals surface area contributed by atoms with Crippen LogP contribution in [0.5, 0.6) is 0 Å². The Kier molecular flexibility index (Phi) is 2.37. The smallest absolute Gasteiger partial charge is 0.159 e. The number of nitrogens with two attached hydrogens (primary N) is 1. The number of hydrogen-bond donors (Lipinski definition) is 1. The van der Waals surface area contributed by atoms with Gasteiger partial charge in [0.25, 0.3) is 0 Å². The Morgan fingerprint density at radius 1 is 1.67 bits per heavy atom. The largest absolute Gasteiger partial charge is 0.356 e. The predicted octanol–water partition coefficient (Wildman–Crippen LogP) is 1.01. The molecule has 2 fully saturated rings. The summed E-state index contributed by atoms with van der Waals surface area (Å²) in [7, 11) is 1.59. The quantitative estimate of drug-likeness (QED) is 0.711. The zero-order valence-corrected chi connectivity index (χ0v) is 9.40. The van der Waals surface area contributed by atoms with Gasteiger partial charge in [0.2, 0.25) is 0 Å². The minimum Gasteiger partial charge on any atom is -0.356 e. The van der Waals surface area contributed by atoms with Gasteiger partial charge in [0, 0.05) is 19.4 Å². The van der Waals surface area contributed by atoms with Crippen LogP contribution in [0, 0.1) is 10.8 Å². The summed E-state index contributed by atoms with van der Waals surface area (Å²) in [5.74, 6) is 0.111. The highest BCUT2D eigenvalue weighted by atomic mass is 16.7. The summed E-state index contributed by atoms with van der Waals surface area (Å²) >= 11 is 0. The fourth-order valence-corrected chi connectivity index (χ4v) is 3.23. The first kappa shape index (κ1) is 11.0. The van der Waals surface area contributed by atoms with Gasteiger partial charge in [0.15, 0.2) is 6.29 Å². The van der Waals surface area contributed by atoms with Crippen LogP contribution in [0.15, 0.2) is 5.18 Å². The maximum atomic E-state index is 10.8. The summed E-state index contributed by atoms with van der Waals surface area (Å²) in [4.78, 5) is 10.8. The average molecular weight is 214 g/mol. The highest BCUT2D eigenvalue weighted by molar-refractivity contribution is 5.28. The van der Waals surface area contributed by atoms with E-state index in [9.17, 15) is 4.91 Å². The Morgan fingerprint density at radius 2 is 2.33 bits per heavy atom. The van der Waals surface area contributed by atoms with Crippen molar-refractivity contribution in [2.45, 2.75) is 50.2 Å². The van der Waals surface area contributed by atoms with Crippen LogP contribution in [0.4, 0.5) is 0 Å². The number of nitroso groups, excluding NO2 is 1. The first-order valence-electron chi connectivity index (χ1n) is 5.35. The van der Waals surface area contributed by atoms with Crippen LogP contribution < -0.4 is 5.73 Å². The van der Waals surface area contributed by atoms with Gasteiger partial charge in [-0.25, -0.2) is 0 Å². The van der Waals surface area contributed by atoms with E-state index in [-0.39, 0.29) is 18.2 Å². The molecule has 0 spiro atoms. The first-order chi connectivity index (χ1) is 7.03. The van der Waals surface area contributed by atoms with Crippen LogP contribution in [-0.2, 0) is 9.47 Å². The van der Waals surface area contributed by atoms with E-state index < -0.39 is 11.1 Å². The minimum absolute atomic E-state index is 0.111. The maximum Gasteiger partial charge on any atom is 0.159 e. The van der Waals surface area contributed by atoms with Crippen molar-refractivity contribution in [3.63, 3.8) is 0 Å². The molecule has 0 aromatic carbocycles. The second-order valence-corrected chi connectivity index (χ2v) is 4.70. The van der Waals surface area contributed by atoms with Crippen LogP contribution in [-0.4, -0.2) is 30.6 Å². The van der Waals surface area contributed by atoms with E-state index in [1.54, 1.807) is 7.11 Å². The fourth-order valence-electron chi connectivity index (χ4n) is 3.23. The van der Waals surface area contributed by atoms with E-state index in [2.05, 4.69) is 5.18 Å². The Morgan fingerprint density at radius 3 is 2.80 bits per heavy atom. The van der Waals surface area contributed by atoms with Crippen molar-refractivity contribution >= 4 is 0 Å². The molecular formula is C10H18N2O3. The molecule has 0 aromatic rings. The summed E-state index contributed by atoms with van der Waals surface area (Å²) in [6.45, 7) is 3.99. The lowest BCUT2D eigenvalue weighted by atomic mass is 9.52. The van der Waals surface area contributed by atoms with Crippen LogP contribution >= 0.6 is 0 Å². The van der Waals surface area contributed by atoms with E-state index >= 15 is 0 Å². The summed E-state index contributed by atoms with van der Waals surface area (Å²) < 4.78 is 11.0. The number of hydrogen-bond acceptors (Lipinski definition) is 5. The van der Waals surface area contributed by atoms with E-state index in [0.717, 1.165) is 6.42 Å². The van der Waals surface area contributed by atoms with Gasteiger partial charge in [-0.15, -0.1) is 0 Å². The number of nitrogens with zero attached hydrogens (tertiary/aromatic N) is 1. The molecule has 1 saturated heterocycles. The average Bonchev–Trinajstić information content (AvgIpc) is 2.43. The summed E-state index contributed by atoms with van der Waals surface area (Å²) in [6, 6.07) is -0.340. The maximum absolute atomic E-state index is 10.8. The molecule has 2 N–H and O–H groups in total. The lowest BCUT2D eigenvalue weighted by Crippen LogP contribution is -2.78. The van der Waals surface area contributed by atoms with Crippen LogP contribution in [0.25, 0.3) is 0 Å². The molecule has 0 bridgehead atoms. The molecule has 1 aliphatic heterocycles. The van der Waals surface area contributed by atoms with Crippen LogP contribution in [0.3, 0.4) is 0 Å². The molecule has 5 atom stereocenters. The number of ether oxygens (including phenoxy) is 2. The van der Waals surface area contributed by atoms with Crippen molar-refractivity contribution in [2.75, 3.05) is 7.11 Å². The monoisotopic (exact) mass is 214 g/mol. The molecule has 5 unspecified atom stereocenters. The van der Waals surface area contributed by atoms with Gasteiger partial charge in [-0.1, -0.05) is 12.1 Å². The van der Waals surface area contributed by atoms with Gasteiger partial charge in [-0.05, 0) is 13.3 Å². The predicted molar refractivity (Wildman–Crippen MR) is 55.2 cm³/mol. The fraction of sp³-hybridized carbons (Fsp3) is 1.00. The normalized spacial score (nSPS) is 53.5. The van der Waals surface area contributed by atoms with Crippen LogP contribution in [0.2, 0.25) is 0 Å². The lowest BCUT2D eigenvalue weighted by Gasteiger charge is -2.58. The Labute approximate surface area is 89.3 Å². The molecular weight excluding hydrogens is 196 g/mol. The highest BCUT2D eigenvalue weighted by Gasteiger charge is 2.74. The molecule has 2 rings (SSSR count). The molecule has 15 heavy (non-hydrogen) atoms. The molecule has 0 radical (unpaired) electrons. The van der Waals surface area contributed by atoms with Crippen molar-refractivity contribution in [1.82, 2.24) is 0 Å². The third-order valence-electron chi connectivity index (χ3n) is 4.24. The first-order valence-corrected chi connectivity index (χ1v) is 5.35. The molecule has 5 nitrogen and oxygen atoms in total. The van der Waals surface area contributed by atoms with Gasteiger partial charge in [-0.3, -0.25) is 0 Å². The SMILES string of the molecule is CCC1C(N=O)C2(N)CC(OC)OC12C. The molecule has 86 valence electrons. The third kappa shape index (κ3) is 1.08. The van der Waals surface area contributed by atoms with Crippen molar-refractivity contribution in [2.24, 2.45) is 16.8 Å². The Bertz CT molecular complexity index is 286. The second-order valence-electron chi connectivity index (χ2n) is 4.70. The Balaban J connectivity index is 2.28. The summed E-state index contributed by atoms with van der Waals surface area (Å²) in [5, 5.41) is 3.16. The summed E-state index contributed by atoms with van der Waals surface area (Å²) in [5.41, 5.74) is 5.13. The van der Waals surface area contributed by atoms with Gasteiger partial charge in [0.05, 0.1) is 11.1 Å². The minimum atomic E-state index is -0.643. The molecule has 1 aliphatic carbocycles. The van der Waals surface area contributed by atoms with E-state index in [1.165, 1.54) is 0 Å². The lowest BCUT2D eigenvalue weighted by molar-refractivity contribution is -0.209. The molecule has 5 heteroatoms. The topological polar surface area (TPSA) is 73.9 Å². The van der Waals surface area contributed by atoms with Gasteiger partial charge in [0.1, 0.15) is 6.04 Å². The Hall–Kier alpha value is -0.520. The van der Waals surface area contributed by atoms with Crippen LogP contribution in [0.1, 0.15) is 26.7 Å². The third-order valence-corrected chi connectivity index (χ3v) is 4.24. The zero-order valence-electron chi connectivity index (χ0n) is 9.40. The van der Waals surface area contributed by atoms with E-state index in [1.807, 2.05) is 13.8 Å². The number of methoxy groups -OCH3 is 1. The van der Waals surface area contributed by atoms with Crippen molar-refractivity contribution in [3.05, 3.63) is 4.91 Å².